The Morgan fingerprint density at radius 2 is 1.09 bits per heavy atom. The lowest BCUT2D eigenvalue weighted by molar-refractivity contribution is 0.142. The highest BCUT2D eigenvalue weighted by atomic mass is 14.9. The van der Waals surface area contributed by atoms with Crippen LogP contribution in [0.3, 0.4) is 0 Å². The topological polar surface area (TPSA) is 25.8 Å². The van der Waals surface area contributed by atoms with Gasteiger partial charge in [-0.3, -0.25) is 0 Å². The first kappa shape index (κ1) is 27.7. The molecule has 0 saturated heterocycles. The predicted octanol–water partition coefficient (Wildman–Crippen LogP) is 9.90. The van der Waals surface area contributed by atoms with Crippen molar-refractivity contribution in [3.05, 3.63) is 23.8 Å². The maximum Gasteiger partial charge on any atom is 0.128 e. The zero-order valence-corrected chi connectivity index (χ0v) is 22.9. The minimum absolute atomic E-state index is 0.915. The molecule has 0 N–H and O–H groups in total. The summed E-state index contributed by atoms with van der Waals surface area (Å²) >= 11 is 0. The van der Waals surface area contributed by atoms with Gasteiger partial charge in [-0.1, -0.05) is 104 Å². The molecule has 0 spiro atoms. The monoisotopic (exact) mass is 468 g/mol. The van der Waals surface area contributed by atoms with E-state index in [-0.39, 0.29) is 0 Å². The molecular formula is C32H56N2. The third kappa shape index (κ3) is 10.4. The zero-order valence-electron chi connectivity index (χ0n) is 22.9. The van der Waals surface area contributed by atoms with E-state index in [4.69, 9.17) is 9.97 Å². The average Bonchev–Trinajstić information content (AvgIpc) is 2.89. The highest BCUT2D eigenvalue weighted by Crippen LogP contribution is 2.42. The zero-order chi connectivity index (χ0) is 23.8. The molecule has 0 atom stereocenters. The minimum atomic E-state index is 0.915. The molecule has 34 heavy (non-hydrogen) atoms. The third-order valence-electron chi connectivity index (χ3n) is 9.38. The molecule has 2 aliphatic rings. The van der Waals surface area contributed by atoms with Crippen LogP contribution in [0, 0.1) is 23.7 Å². The van der Waals surface area contributed by atoms with E-state index in [1.807, 2.05) is 0 Å². The number of rotatable bonds is 16. The molecule has 2 aliphatic carbocycles. The first-order valence-electron chi connectivity index (χ1n) is 15.6. The molecule has 0 aliphatic heterocycles. The SMILES string of the molecule is CCCCCCCCCCCCc1cnc(CCC2CCC(C3CCC(CC)CC3)CC2)nc1. The Morgan fingerprint density at radius 1 is 0.588 bits per heavy atom. The molecule has 3 rings (SSSR count). The molecule has 1 aromatic heterocycles. The highest BCUT2D eigenvalue weighted by molar-refractivity contribution is 5.05. The van der Waals surface area contributed by atoms with E-state index in [2.05, 4.69) is 26.2 Å². The fourth-order valence-corrected chi connectivity index (χ4v) is 6.81. The number of hydrogen-bond donors (Lipinski definition) is 0. The molecule has 1 aromatic rings. The first-order valence-corrected chi connectivity index (χ1v) is 15.6. The molecule has 0 bridgehead atoms. The van der Waals surface area contributed by atoms with Crippen LogP contribution >= 0.6 is 0 Å². The second kappa shape index (κ2) is 16.7. The van der Waals surface area contributed by atoms with Crippen molar-refractivity contribution in [2.45, 2.75) is 155 Å². The molecule has 2 saturated carbocycles. The maximum atomic E-state index is 4.72. The van der Waals surface area contributed by atoms with Gasteiger partial charge in [0.1, 0.15) is 5.82 Å². The second-order valence-corrected chi connectivity index (χ2v) is 11.9. The van der Waals surface area contributed by atoms with E-state index in [1.54, 1.807) is 0 Å². The molecule has 2 heteroatoms. The summed E-state index contributed by atoms with van der Waals surface area (Å²) in [5.74, 6) is 5.12. The van der Waals surface area contributed by atoms with E-state index in [9.17, 15) is 0 Å². The fourth-order valence-electron chi connectivity index (χ4n) is 6.81. The van der Waals surface area contributed by atoms with Crippen molar-refractivity contribution in [2.75, 3.05) is 0 Å². The Hall–Kier alpha value is -0.920. The fraction of sp³-hybridized carbons (Fsp3) is 0.875. The Balaban J connectivity index is 1.20. The van der Waals surface area contributed by atoms with Gasteiger partial charge in [0.25, 0.3) is 0 Å². The van der Waals surface area contributed by atoms with Gasteiger partial charge in [0.05, 0.1) is 0 Å². The van der Waals surface area contributed by atoms with Crippen LogP contribution in [0.1, 0.15) is 154 Å². The summed E-state index contributed by atoms with van der Waals surface area (Å²) in [5, 5.41) is 0. The summed E-state index contributed by atoms with van der Waals surface area (Å²) in [6, 6.07) is 0. The summed E-state index contributed by atoms with van der Waals surface area (Å²) in [6.45, 7) is 4.68. The highest BCUT2D eigenvalue weighted by Gasteiger charge is 2.30. The maximum absolute atomic E-state index is 4.72. The Bertz CT molecular complexity index is 608. The predicted molar refractivity (Wildman–Crippen MR) is 147 cm³/mol. The normalized spacial score (nSPS) is 25.5. The molecule has 2 fully saturated rings. The Labute approximate surface area is 212 Å². The Morgan fingerprint density at radius 3 is 1.62 bits per heavy atom. The van der Waals surface area contributed by atoms with Crippen LogP contribution in [0.15, 0.2) is 12.4 Å². The summed E-state index contributed by atoms with van der Waals surface area (Å²) in [6.07, 6.45) is 35.1. The molecule has 2 nitrogen and oxygen atoms in total. The lowest BCUT2D eigenvalue weighted by atomic mass is 9.68. The summed E-state index contributed by atoms with van der Waals surface area (Å²) in [4.78, 5) is 9.44. The van der Waals surface area contributed by atoms with Crippen molar-refractivity contribution in [2.24, 2.45) is 23.7 Å². The van der Waals surface area contributed by atoms with Gasteiger partial charge in [-0.2, -0.15) is 0 Å². The van der Waals surface area contributed by atoms with Crippen LogP contribution in [0.5, 0.6) is 0 Å². The Kier molecular flexibility index (Phi) is 13.6. The van der Waals surface area contributed by atoms with Gasteiger partial charge in [0, 0.05) is 18.8 Å². The van der Waals surface area contributed by atoms with Crippen molar-refractivity contribution in [1.82, 2.24) is 9.97 Å². The molecule has 0 amide bonds. The van der Waals surface area contributed by atoms with Crippen LogP contribution in [0.4, 0.5) is 0 Å². The van der Waals surface area contributed by atoms with E-state index >= 15 is 0 Å². The largest absolute Gasteiger partial charge is 0.241 e. The number of aryl methyl sites for hydroxylation is 2. The lowest BCUT2D eigenvalue weighted by Gasteiger charge is -2.37. The van der Waals surface area contributed by atoms with Crippen LogP contribution in [-0.4, -0.2) is 9.97 Å². The molecule has 0 aromatic carbocycles. The number of unbranched alkanes of at least 4 members (excludes halogenated alkanes) is 9. The van der Waals surface area contributed by atoms with Gasteiger partial charge in [-0.25, -0.2) is 9.97 Å². The van der Waals surface area contributed by atoms with E-state index in [0.717, 1.165) is 42.3 Å². The van der Waals surface area contributed by atoms with Gasteiger partial charge < -0.3 is 0 Å². The molecular weight excluding hydrogens is 412 g/mol. The van der Waals surface area contributed by atoms with Crippen LogP contribution in [-0.2, 0) is 12.8 Å². The number of nitrogens with zero attached hydrogens (tertiary/aromatic N) is 2. The van der Waals surface area contributed by atoms with Gasteiger partial charge in [0.2, 0.25) is 0 Å². The average molecular weight is 469 g/mol. The van der Waals surface area contributed by atoms with E-state index < -0.39 is 0 Å². The van der Waals surface area contributed by atoms with Crippen LogP contribution in [0.25, 0.3) is 0 Å². The molecule has 0 unspecified atom stereocenters. The standard InChI is InChI=1S/C32H56N2/c1-3-5-6-7-8-9-10-11-12-13-14-29-25-33-32(34-26-29)24-19-28-17-22-31(23-18-28)30-20-15-27(4-2)16-21-30/h25-28,30-31H,3-24H2,1-2H3. The smallest absolute Gasteiger partial charge is 0.128 e. The van der Waals surface area contributed by atoms with Crippen molar-refractivity contribution >= 4 is 0 Å². The second-order valence-electron chi connectivity index (χ2n) is 11.9. The summed E-state index contributed by atoms with van der Waals surface area (Å²) < 4.78 is 0. The van der Waals surface area contributed by atoms with E-state index in [0.29, 0.717) is 0 Å². The van der Waals surface area contributed by atoms with Gasteiger partial charge in [-0.05, 0) is 74.2 Å². The lowest BCUT2D eigenvalue weighted by Crippen LogP contribution is -2.26. The van der Waals surface area contributed by atoms with Crippen molar-refractivity contribution in [1.29, 1.82) is 0 Å². The third-order valence-corrected chi connectivity index (χ3v) is 9.38. The van der Waals surface area contributed by atoms with Gasteiger partial charge in [0.15, 0.2) is 0 Å². The van der Waals surface area contributed by atoms with Crippen molar-refractivity contribution in [3.63, 3.8) is 0 Å². The molecule has 1 heterocycles. The van der Waals surface area contributed by atoms with Crippen LogP contribution in [0.2, 0.25) is 0 Å². The van der Waals surface area contributed by atoms with Gasteiger partial charge >= 0.3 is 0 Å². The van der Waals surface area contributed by atoms with Crippen molar-refractivity contribution in [3.8, 4) is 0 Å². The quantitative estimate of drug-likeness (QED) is 0.225. The number of aromatic nitrogens is 2. The minimum Gasteiger partial charge on any atom is -0.241 e. The summed E-state index contributed by atoms with van der Waals surface area (Å²) in [5.41, 5.74) is 1.33. The molecule has 0 radical (unpaired) electrons. The first-order chi connectivity index (χ1) is 16.8. The molecule has 194 valence electrons. The van der Waals surface area contributed by atoms with Gasteiger partial charge in [-0.15, -0.1) is 0 Å². The van der Waals surface area contributed by atoms with E-state index in [1.165, 1.54) is 134 Å². The summed E-state index contributed by atoms with van der Waals surface area (Å²) in [7, 11) is 0. The van der Waals surface area contributed by atoms with Crippen molar-refractivity contribution < 1.29 is 0 Å². The van der Waals surface area contributed by atoms with Crippen LogP contribution < -0.4 is 0 Å². The number of hydrogen-bond acceptors (Lipinski definition) is 2.